The molecule has 1 aliphatic rings. The third kappa shape index (κ3) is 7.97. The summed E-state index contributed by atoms with van der Waals surface area (Å²) in [5, 5.41) is 2.89. The number of nitrogens with zero attached hydrogens (tertiary/aromatic N) is 2. The van der Waals surface area contributed by atoms with Crippen LogP contribution < -0.4 is 5.32 Å². The van der Waals surface area contributed by atoms with Crippen LogP contribution in [0, 0.1) is 0 Å². The van der Waals surface area contributed by atoms with Gasteiger partial charge in [0, 0.05) is 45.2 Å². The summed E-state index contributed by atoms with van der Waals surface area (Å²) < 4.78 is 10.9. The molecule has 34 heavy (non-hydrogen) atoms. The molecule has 1 N–H and O–H groups in total. The highest BCUT2D eigenvalue weighted by Crippen LogP contribution is 2.28. The predicted octanol–water partition coefficient (Wildman–Crippen LogP) is 3.43. The summed E-state index contributed by atoms with van der Waals surface area (Å²) in [7, 11) is 1.75. The Bertz CT molecular complexity index is 929. The van der Waals surface area contributed by atoms with E-state index >= 15 is 0 Å². The van der Waals surface area contributed by atoms with E-state index in [1.807, 2.05) is 54.6 Å². The van der Waals surface area contributed by atoms with Crippen molar-refractivity contribution in [2.45, 2.75) is 25.4 Å². The van der Waals surface area contributed by atoms with Gasteiger partial charge in [0.2, 0.25) is 5.91 Å². The van der Waals surface area contributed by atoms with E-state index in [-0.39, 0.29) is 25.2 Å². The van der Waals surface area contributed by atoms with Gasteiger partial charge in [-0.2, -0.15) is 0 Å². The largest absolute Gasteiger partial charge is 0.446 e. The normalized spacial score (nSPS) is 14.4. The maximum Gasteiger partial charge on any atom is 0.411 e. The first-order valence-electron chi connectivity index (χ1n) is 11.7. The number of carbonyl (C=O) groups excluding carboxylic acids is 3. The number of hydrogen-bond acceptors (Lipinski definition) is 6. The highest BCUT2D eigenvalue weighted by molar-refractivity contribution is 5.91. The molecule has 2 aromatic carbocycles. The molecule has 3 rings (SSSR count). The van der Waals surface area contributed by atoms with Crippen molar-refractivity contribution in [3.8, 4) is 11.1 Å². The molecule has 0 aromatic heterocycles. The van der Waals surface area contributed by atoms with Gasteiger partial charge < -0.3 is 24.1 Å². The number of para-hydroxylation sites is 1. The Morgan fingerprint density at radius 1 is 1.09 bits per heavy atom. The molecule has 0 bridgehead atoms. The van der Waals surface area contributed by atoms with Crippen LogP contribution in [0.1, 0.15) is 19.3 Å². The lowest BCUT2D eigenvalue weighted by Gasteiger charge is -2.32. The quantitative estimate of drug-likeness (QED) is 0.402. The third-order valence-electron chi connectivity index (χ3n) is 5.84. The van der Waals surface area contributed by atoms with Gasteiger partial charge in [0.25, 0.3) is 0 Å². The highest BCUT2D eigenvalue weighted by Gasteiger charge is 2.23. The molecule has 1 heterocycles. The standard InChI is InChI=1S/C26H33N3O5/c1-28(25(31)20-33-19-7-18-30)16-17-29-14-12-22(13-15-29)34-26(32)27-24-11-6-5-10-23(24)21-8-3-2-4-9-21/h2-6,8-11,18,22H,7,12-17,19-20H2,1H3,(H,27,32). The van der Waals surface area contributed by atoms with Gasteiger partial charge in [0.15, 0.2) is 0 Å². The van der Waals surface area contributed by atoms with Crippen molar-refractivity contribution in [2.24, 2.45) is 0 Å². The summed E-state index contributed by atoms with van der Waals surface area (Å²) in [5.41, 5.74) is 2.70. The van der Waals surface area contributed by atoms with Gasteiger partial charge in [-0.05, 0) is 24.5 Å². The number of likely N-dealkylation sites (N-methyl/N-ethyl adjacent to an activating group) is 1. The Balaban J connectivity index is 1.38. The lowest BCUT2D eigenvalue weighted by atomic mass is 10.0. The number of benzene rings is 2. The van der Waals surface area contributed by atoms with E-state index in [0.29, 0.717) is 13.0 Å². The van der Waals surface area contributed by atoms with E-state index in [4.69, 9.17) is 9.47 Å². The van der Waals surface area contributed by atoms with Crippen LogP contribution in [-0.2, 0) is 19.1 Å². The molecule has 1 aliphatic heterocycles. The zero-order chi connectivity index (χ0) is 24.2. The summed E-state index contributed by atoms with van der Waals surface area (Å²) in [6.45, 7) is 3.20. The van der Waals surface area contributed by atoms with Gasteiger partial charge in [-0.3, -0.25) is 10.1 Å². The first-order valence-corrected chi connectivity index (χ1v) is 11.7. The molecule has 0 saturated carbocycles. The van der Waals surface area contributed by atoms with Crippen molar-refractivity contribution in [2.75, 3.05) is 51.8 Å². The predicted molar refractivity (Wildman–Crippen MR) is 131 cm³/mol. The molecular formula is C26H33N3O5. The first kappa shape index (κ1) is 25.4. The Kier molecular flexibility index (Phi) is 10.1. The lowest BCUT2D eigenvalue weighted by molar-refractivity contribution is -0.135. The first-order chi connectivity index (χ1) is 16.6. The number of anilines is 1. The second-order valence-corrected chi connectivity index (χ2v) is 8.31. The van der Waals surface area contributed by atoms with Gasteiger partial charge in [0.1, 0.15) is 19.0 Å². The Labute approximate surface area is 200 Å². The topological polar surface area (TPSA) is 88.2 Å². The summed E-state index contributed by atoms with van der Waals surface area (Å²) in [5.74, 6) is -0.100. The Morgan fingerprint density at radius 2 is 1.79 bits per heavy atom. The number of aldehydes is 1. The fourth-order valence-corrected chi connectivity index (χ4v) is 3.82. The molecule has 182 valence electrons. The van der Waals surface area contributed by atoms with Crippen molar-refractivity contribution in [1.29, 1.82) is 0 Å². The van der Waals surface area contributed by atoms with Crippen molar-refractivity contribution >= 4 is 24.0 Å². The van der Waals surface area contributed by atoms with E-state index < -0.39 is 6.09 Å². The summed E-state index contributed by atoms with van der Waals surface area (Å²) in [6, 6.07) is 17.6. The van der Waals surface area contributed by atoms with E-state index in [9.17, 15) is 14.4 Å². The van der Waals surface area contributed by atoms with Gasteiger partial charge >= 0.3 is 6.09 Å². The molecular weight excluding hydrogens is 434 g/mol. The SMILES string of the molecule is CN(CCN1CCC(OC(=O)Nc2ccccc2-c2ccccc2)CC1)C(=O)COCCC=O. The molecule has 0 atom stereocenters. The minimum atomic E-state index is -0.443. The maximum absolute atomic E-state index is 12.5. The number of likely N-dealkylation sites (tertiary alicyclic amines) is 1. The minimum absolute atomic E-state index is 0.0111. The van der Waals surface area contributed by atoms with Crippen LogP contribution >= 0.6 is 0 Å². The second kappa shape index (κ2) is 13.5. The molecule has 1 saturated heterocycles. The molecule has 0 aliphatic carbocycles. The van der Waals surface area contributed by atoms with E-state index in [2.05, 4.69) is 10.2 Å². The second-order valence-electron chi connectivity index (χ2n) is 8.31. The van der Waals surface area contributed by atoms with E-state index in [1.165, 1.54) is 0 Å². The van der Waals surface area contributed by atoms with Crippen LogP contribution in [-0.4, -0.2) is 80.6 Å². The molecule has 1 fully saturated rings. The van der Waals surface area contributed by atoms with Crippen LogP contribution in [0.15, 0.2) is 54.6 Å². The van der Waals surface area contributed by atoms with Crippen molar-refractivity contribution < 1.29 is 23.9 Å². The average molecular weight is 468 g/mol. The maximum atomic E-state index is 12.5. The number of amides is 2. The van der Waals surface area contributed by atoms with Gasteiger partial charge in [-0.25, -0.2) is 4.79 Å². The molecule has 8 nitrogen and oxygen atoms in total. The minimum Gasteiger partial charge on any atom is -0.446 e. The number of hydrogen-bond donors (Lipinski definition) is 1. The zero-order valence-corrected chi connectivity index (χ0v) is 19.7. The van der Waals surface area contributed by atoms with Crippen molar-refractivity contribution in [3.05, 3.63) is 54.6 Å². The Hall–Kier alpha value is -3.23. The smallest absolute Gasteiger partial charge is 0.411 e. The number of carbonyl (C=O) groups is 3. The van der Waals surface area contributed by atoms with Gasteiger partial charge in [0.05, 0.1) is 12.3 Å². The zero-order valence-electron chi connectivity index (χ0n) is 19.7. The Morgan fingerprint density at radius 3 is 2.53 bits per heavy atom. The molecule has 0 radical (unpaired) electrons. The van der Waals surface area contributed by atoms with Crippen LogP contribution in [0.5, 0.6) is 0 Å². The third-order valence-corrected chi connectivity index (χ3v) is 5.84. The molecule has 8 heteroatoms. The summed E-state index contributed by atoms with van der Waals surface area (Å²) >= 11 is 0. The van der Waals surface area contributed by atoms with Crippen LogP contribution in [0.4, 0.5) is 10.5 Å². The monoisotopic (exact) mass is 467 g/mol. The van der Waals surface area contributed by atoms with E-state index in [0.717, 1.165) is 55.6 Å². The summed E-state index contributed by atoms with van der Waals surface area (Å²) in [4.78, 5) is 38.8. The van der Waals surface area contributed by atoms with Crippen LogP contribution in [0.2, 0.25) is 0 Å². The highest BCUT2D eigenvalue weighted by atomic mass is 16.6. The number of nitrogens with one attached hydrogen (secondary N) is 1. The van der Waals surface area contributed by atoms with Gasteiger partial charge in [-0.15, -0.1) is 0 Å². The number of rotatable bonds is 11. The van der Waals surface area contributed by atoms with Crippen LogP contribution in [0.3, 0.4) is 0 Å². The van der Waals surface area contributed by atoms with Crippen LogP contribution in [0.25, 0.3) is 11.1 Å². The number of ether oxygens (including phenoxy) is 2. The molecule has 0 spiro atoms. The lowest BCUT2D eigenvalue weighted by Crippen LogP contribution is -2.43. The molecule has 2 amide bonds. The fraction of sp³-hybridized carbons (Fsp3) is 0.423. The van der Waals surface area contributed by atoms with Crippen molar-refractivity contribution in [1.82, 2.24) is 9.80 Å². The average Bonchev–Trinajstić information content (AvgIpc) is 2.86. The van der Waals surface area contributed by atoms with Crippen molar-refractivity contribution in [3.63, 3.8) is 0 Å². The molecule has 2 aromatic rings. The molecule has 0 unspecified atom stereocenters. The fourth-order valence-electron chi connectivity index (χ4n) is 3.82. The van der Waals surface area contributed by atoms with Gasteiger partial charge in [-0.1, -0.05) is 48.5 Å². The summed E-state index contributed by atoms with van der Waals surface area (Å²) in [6.07, 6.45) is 1.99. The number of piperidine rings is 1. The van der Waals surface area contributed by atoms with E-state index in [1.54, 1.807) is 11.9 Å².